The van der Waals surface area contributed by atoms with Crippen molar-refractivity contribution in [3.63, 3.8) is 0 Å². The van der Waals surface area contributed by atoms with Crippen LogP contribution in [0, 0.1) is 22.7 Å². The van der Waals surface area contributed by atoms with Crippen molar-refractivity contribution in [2.75, 3.05) is 18.7 Å². The van der Waals surface area contributed by atoms with E-state index in [4.69, 9.17) is 0 Å². The van der Waals surface area contributed by atoms with Gasteiger partial charge in [0, 0.05) is 12.8 Å². The number of hydrogen-bond acceptors (Lipinski definition) is 15. The zero-order valence-electron chi connectivity index (χ0n) is 39.3. The van der Waals surface area contributed by atoms with Crippen molar-refractivity contribution in [1.29, 1.82) is 10.5 Å². The van der Waals surface area contributed by atoms with E-state index in [0.29, 0.717) is 47.3 Å². The van der Waals surface area contributed by atoms with Crippen molar-refractivity contribution in [2.45, 2.75) is 157 Å². The van der Waals surface area contributed by atoms with Crippen LogP contribution < -0.4 is 0 Å². The maximum Gasteiger partial charge on any atom is 0.196 e. The number of ketones is 2. The molecule has 4 aromatic rings. The SMILES string of the molecule is CC(C)c1cc(C#N)cc(C2CC2)c1CC(=O)CS(=O)(=O)c1sc(C(C)(C)O)nc1CO.CCc1nc(C(C)(C)O)sc1S(=O)(=O)CC(=O)Cc1c(C(C)C)cc(C#N)cc1C1CC1.CF. The minimum atomic E-state index is -4.04. The summed E-state index contributed by atoms with van der Waals surface area (Å²) in [5, 5.41) is 49.3. The maximum atomic E-state index is 13.1. The van der Waals surface area contributed by atoms with Gasteiger partial charge in [-0.3, -0.25) is 14.0 Å². The summed E-state index contributed by atoms with van der Waals surface area (Å²) in [6.07, 6.45) is 4.42. The molecule has 2 saturated carbocycles. The molecular formula is C48H61FN4O9S4. The quantitative estimate of drug-likeness (QED) is 0.0852. The van der Waals surface area contributed by atoms with Crippen LogP contribution in [0.5, 0.6) is 0 Å². The number of Topliss-reactive ketones (excluding diaryl/α,β-unsaturated/α-hetero) is 2. The van der Waals surface area contributed by atoms with Gasteiger partial charge in [0.1, 0.15) is 41.1 Å². The van der Waals surface area contributed by atoms with E-state index in [-0.39, 0.29) is 49.6 Å². The van der Waals surface area contributed by atoms with E-state index >= 15 is 0 Å². The average molecular weight is 985 g/mol. The summed E-state index contributed by atoms with van der Waals surface area (Å²) in [5.74, 6) is -1.32. The first-order valence-corrected chi connectivity index (χ1v) is 26.7. The molecule has 0 atom stereocenters. The number of halogens is 1. The van der Waals surface area contributed by atoms with Crippen molar-refractivity contribution in [3.05, 3.63) is 90.2 Å². The molecule has 2 aliphatic rings. The predicted molar refractivity (Wildman–Crippen MR) is 253 cm³/mol. The predicted octanol–water partition coefficient (Wildman–Crippen LogP) is 8.30. The number of alkyl halides is 1. The van der Waals surface area contributed by atoms with Gasteiger partial charge in [-0.05, 0) is 141 Å². The number of hydrogen-bond donors (Lipinski definition) is 3. The lowest BCUT2D eigenvalue weighted by Gasteiger charge is -2.18. The van der Waals surface area contributed by atoms with Crippen LogP contribution in [-0.4, -0.2) is 72.4 Å². The van der Waals surface area contributed by atoms with E-state index in [1.807, 2.05) is 45.9 Å². The summed E-state index contributed by atoms with van der Waals surface area (Å²) < 4.78 is 61.7. The fraction of sp³-hybridized carbons (Fsp3) is 0.542. The number of thiazole rings is 2. The van der Waals surface area contributed by atoms with Gasteiger partial charge in [-0.1, -0.05) is 34.6 Å². The maximum absolute atomic E-state index is 13.1. The average Bonchev–Trinajstić information content (AvgIpc) is 4.17. The van der Waals surface area contributed by atoms with Crippen LogP contribution >= 0.6 is 22.7 Å². The highest BCUT2D eigenvalue weighted by Crippen LogP contribution is 2.45. The first kappa shape index (κ1) is 54.3. The van der Waals surface area contributed by atoms with Crippen molar-refractivity contribution >= 4 is 53.9 Å². The molecule has 2 fully saturated rings. The largest absolute Gasteiger partial charge is 0.390 e. The Morgan fingerprint density at radius 1 is 0.712 bits per heavy atom. The van der Waals surface area contributed by atoms with Crippen LogP contribution in [0.3, 0.4) is 0 Å². The zero-order valence-corrected chi connectivity index (χ0v) is 42.5. The van der Waals surface area contributed by atoms with Gasteiger partial charge >= 0.3 is 0 Å². The molecule has 2 heterocycles. The monoisotopic (exact) mass is 984 g/mol. The smallest absolute Gasteiger partial charge is 0.196 e. The van der Waals surface area contributed by atoms with Gasteiger partial charge in [0.05, 0.1) is 48.4 Å². The van der Waals surface area contributed by atoms with E-state index in [1.165, 1.54) is 13.8 Å². The highest BCUT2D eigenvalue weighted by Gasteiger charge is 2.35. The Labute approximate surface area is 396 Å². The summed E-state index contributed by atoms with van der Waals surface area (Å²) in [7, 11) is -7.42. The lowest BCUT2D eigenvalue weighted by molar-refractivity contribution is -0.116. The third kappa shape index (κ3) is 13.5. The van der Waals surface area contributed by atoms with Crippen molar-refractivity contribution in [2.24, 2.45) is 0 Å². The highest BCUT2D eigenvalue weighted by molar-refractivity contribution is 7.94. The van der Waals surface area contributed by atoms with Gasteiger partial charge in [-0.15, -0.1) is 22.7 Å². The lowest BCUT2D eigenvalue weighted by Crippen LogP contribution is -2.20. The Bertz CT molecular complexity index is 2510. The molecule has 2 aromatic carbocycles. The first-order valence-electron chi connectivity index (χ1n) is 21.8. The molecule has 0 saturated heterocycles. The molecule has 3 N–H and O–H groups in total. The Morgan fingerprint density at radius 3 is 1.35 bits per heavy atom. The number of rotatable bonds is 18. The summed E-state index contributed by atoms with van der Waals surface area (Å²) in [4.78, 5) is 34.3. The Hall–Kier alpha value is -4.27. The number of nitriles is 2. The number of nitrogens with zero attached hydrogens (tertiary/aromatic N) is 4. The molecule has 18 heteroatoms. The molecule has 6 rings (SSSR count). The number of aliphatic hydroxyl groups is 3. The molecule has 358 valence electrons. The molecule has 0 radical (unpaired) electrons. The third-order valence-electron chi connectivity index (χ3n) is 11.0. The number of carbonyl (C=O) groups is 2. The molecule has 0 unspecified atom stereocenters. The van der Waals surface area contributed by atoms with E-state index in [9.17, 15) is 56.7 Å². The van der Waals surface area contributed by atoms with Crippen LogP contribution in [0.25, 0.3) is 0 Å². The molecule has 0 amide bonds. The topological polar surface area (TPSA) is 236 Å². The van der Waals surface area contributed by atoms with Crippen LogP contribution in [-0.2, 0) is 66.3 Å². The summed E-state index contributed by atoms with van der Waals surface area (Å²) in [6, 6.07) is 11.7. The van der Waals surface area contributed by atoms with Crippen LogP contribution in [0.2, 0.25) is 0 Å². The number of aryl methyl sites for hydroxylation is 1. The van der Waals surface area contributed by atoms with Gasteiger partial charge in [-0.2, -0.15) is 10.5 Å². The van der Waals surface area contributed by atoms with Gasteiger partial charge in [0.2, 0.25) is 0 Å². The van der Waals surface area contributed by atoms with Crippen LogP contribution in [0.15, 0.2) is 32.7 Å². The van der Waals surface area contributed by atoms with Gasteiger partial charge in [0.25, 0.3) is 0 Å². The van der Waals surface area contributed by atoms with E-state index in [1.54, 1.807) is 26.8 Å². The highest BCUT2D eigenvalue weighted by atomic mass is 32.2. The molecule has 0 spiro atoms. The van der Waals surface area contributed by atoms with E-state index in [2.05, 4.69) is 22.1 Å². The van der Waals surface area contributed by atoms with Crippen LogP contribution in [0.1, 0.15) is 178 Å². The molecule has 66 heavy (non-hydrogen) atoms. The number of carbonyl (C=O) groups excluding carboxylic acids is 2. The third-order valence-corrected chi connectivity index (χ3v) is 18.5. The Morgan fingerprint density at radius 2 is 1.06 bits per heavy atom. The molecular weight excluding hydrogens is 924 g/mol. The molecule has 2 aromatic heterocycles. The summed E-state index contributed by atoms with van der Waals surface area (Å²) in [5.41, 5.74) is 4.37. The molecule has 0 aliphatic heterocycles. The number of sulfone groups is 2. The molecule has 0 bridgehead atoms. The molecule has 2 aliphatic carbocycles. The minimum absolute atomic E-state index is 0.0307. The van der Waals surface area contributed by atoms with Crippen molar-refractivity contribution in [1.82, 2.24) is 9.97 Å². The Balaban J connectivity index is 0.000000278. The van der Waals surface area contributed by atoms with Crippen molar-refractivity contribution in [3.8, 4) is 12.1 Å². The number of benzene rings is 2. The standard InChI is InChI=1S/C24H30N2O4S2.C23H28N2O5S2.CH3F/c1-6-21-22(31-23(26-21)24(4,5)28)32(29,30)13-17(27)11-20-18(14(2)3)9-15(12-25)10-19(20)16-7-8-16;1-13(2)17-7-14(10-24)8-18(15-5-6-15)19(17)9-16(27)12-32(29,30)21-20(11-26)25-22(31-21)23(3,4)28;1-2/h9-10,14,16,28H,6-8,11,13H2,1-5H3;7-8,13,15,26,28H,5-6,9,11-12H2,1-4H3;1H3. The van der Waals surface area contributed by atoms with E-state index < -0.39 is 54.8 Å². The second-order valence-corrected chi connectivity index (χ2v) is 24.8. The van der Waals surface area contributed by atoms with Gasteiger partial charge < -0.3 is 15.3 Å². The van der Waals surface area contributed by atoms with Crippen LogP contribution in [0.4, 0.5) is 4.39 Å². The van der Waals surface area contributed by atoms with Gasteiger partial charge in [-0.25, -0.2) is 26.8 Å². The molecule has 13 nitrogen and oxygen atoms in total. The summed E-state index contributed by atoms with van der Waals surface area (Å²) in [6.45, 7) is 15.3. The van der Waals surface area contributed by atoms with Crippen molar-refractivity contribution < 1.29 is 46.1 Å². The van der Waals surface area contributed by atoms with E-state index in [0.717, 1.165) is 81.7 Å². The normalized spacial score (nSPS) is 14.2. The number of aromatic nitrogens is 2. The minimum Gasteiger partial charge on any atom is -0.390 e. The second kappa shape index (κ2) is 21.8. The fourth-order valence-corrected chi connectivity index (χ4v) is 13.5. The lowest BCUT2D eigenvalue weighted by atomic mass is 9.87. The first-order chi connectivity index (χ1) is 30.7. The summed E-state index contributed by atoms with van der Waals surface area (Å²) >= 11 is 1.72. The second-order valence-electron chi connectivity index (χ2n) is 18.4. The number of aliphatic hydroxyl groups excluding tert-OH is 1. The fourth-order valence-electron chi connectivity index (χ4n) is 7.58. The van der Waals surface area contributed by atoms with Gasteiger partial charge in [0.15, 0.2) is 31.2 Å². The Kier molecular flexibility index (Phi) is 17.9. The zero-order chi connectivity index (χ0) is 49.7.